The van der Waals surface area contributed by atoms with Crippen LogP contribution in [-0.4, -0.2) is 34.0 Å². The summed E-state index contributed by atoms with van der Waals surface area (Å²) in [7, 11) is -4.33. The molecule has 3 aromatic rings. The summed E-state index contributed by atoms with van der Waals surface area (Å²) < 4.78 is 67.6. The number of hydrogen-bond acceptors (Lipinski definition) is 4. The molecule has 196 valence electrons. The second-order valence-electron chi connectivity index (χ2n) is 9.01. The molecular formula is C27H28F3N3O3S. The monoisotopic (exact) mass is 531 g/mol. The van der Waals surface area contributed by atoms with E-state index in [1.807, 2.05) is 24.3 Å². The minimum absolute atomic E-state index is 0.124. The first-order valence-electron chi connectivity index (χ1n) is 11.9. The van der Waals surface area contributed by atoms with E-state index >= 15 is 0 Å². The van der Waals surface area contributed by atoms with Crippen molar-refractivity contribution in [2.24, 2.45) is 0 Å². The molecular weight excluding hydrogens is 503 g/mol. The van der Waals surface area contributed by atoms with Gasteiger partial charge in [-0.3, -0.25) is 9.10 Å². The highest BCUT2D eigenvalue weighted by molar-refractivity contribution is 7.92. The van der Waals surface area contributed by atoms with Crippen molar-refractivity contribution in [2.75, 3.05) is 28.8 Å². The summed E-state index contributed by atoms with van der Waals surface area (Å²) in [4.78, 5) is 15.0. The van der Waals surface area contributed by atoms with Gasteiger partial charge < -0.3 is 10.2 Å². The SMILES string of the molecule is Cc1ccc(S(=O)(=O)N(CC(=O)NCc2ccc(N3CCCC3)cc2)c2cccc(C(F)(F)F)c2)cc1. The van der Waals surface area contributed by atoms with E-state index in [4.69, 9.17) is 0 Å². The van der Waals surface area contributed by atoms with Gasteiger partial charge in [0.05, 0.1) is 16.1 Å². The molecule has 3 aromatic carbocycles. The number of nitrogens with one attached hydrogen (secondary N) is 1. The standard InChI is InChI=1S/C27H28F3N3O3S/c1-20-7-13-25(14-8-20)37(35,36)33(24-6-4-5-22(17-24)27(28,29)30)19-26(34)31-18-21-9-11-23(12-10-21)32-15-2-3-16-32/h4-14,17H,2-3,15-16,18-19H2,1H3,(H,31,34). The summed E-state index contributed by atoms with van der Waals surface area (Å²) in [5.74, 6) is -0.642. The van der Waals surface area contributed by atoms with Crippen LogP contribution in [0.2, 0.25) is 0 Å². The van der Waals surface area contributed by atoms with Gasteiger partial charge in [0.2, 0.25) is 5.91 Å². The molecule has 37 heavy (non-hydrogen) atoms. The molecule has 4 rings (SSSR count). The molecule has 1 aliphatic rings. The van der Waals surface area contributed by atoms with Crippen LogP contribution in [0.1, 0.15) is 29.5 Å². The maximum Gasteiger partial charge on any atom is 0.416 e. The number of halogens is 3. The normalized spacial score (nSPS) is 14.0. The van der Waals surface area contributed by atoms with Crippen LogP contribution in [0, 0.1) is 6.92 Å². The highest BCUT2D eigenvalue weighted by Gasteiger charge is 2.33. The Morgan fingerprint density at radius 1 is 0.973 bits per heavy atom. The van der Waals surface area contributed by atoms with Crippen molar-refractivity contribution < 1.29 is 26.4 Å². The Morgan fingerprint density at radius 2 is 1.62 bits per heavy atom. The number of nitrogens with zero attached hydrogens (tertiary/aromatic N) is 2. The Hall–Kier alpha value is -3.53. The third-order valence-electron chi connectivity index (χ3n) is 6.25. The first kappa shape index (κ1) is 26.5. The predicted molar refractivity (Wildman–Crippen MR) is 137 cm³/mol. The maximum atomic E-state index is 13.4. The largest absolute Gasteiger partial charge is 0.416 e. The van der Waals surface area contributed by atoms with Gasteiger partial charge in [0.1, 0.15) is 6.54 Å². The van der Waals surface area contributed by atoms with E-state index in [2.05, 4.69) is 10.2 Å². The average molecular weight is 532 g/mol. The third kappa shape index (κ3) is 6.43. The van der Waals surface area contributed by atoms with E-state index in [1.165, 1.54) is 18.2 Å². The Labute approximate surface area is 214 Å². The van der Waals surface area contributed by atoms with Gasteiger partial charge >= 0.3 is 6.18 Å². The third-order valence-corrected chi connectivity index (χ3v) is 8.04. The number of amides is 1. The van der Waals surface area contributed by atoms with Crippen LogP contribution in [0.5, 0.6) is 0 Å². The second kappa shape index (κ2) is 10.8. The molecule has 0 aliphatic carbocycles. The molecule has 0 spiro atoms. The van der Waals surface area contributed by atoms with Gasteiger partial charge in [-0.15, -0.1) is 0 Å². The number of benzene rings is 3. The van der Waals surface area contributed by atoms with Gasteiger partial charge in [-0.2, -0.15) is 13.2 Å². The Kier molecular flexibility index (Phi) is 7.77. The van der Waals surface area contributed by atoms with E-state index in [0.29, 0.717) is 4.31 Å². The number of anilines is 2. The highest BCUT2D eigenvalue weighted by Crippen LogP contribution is 2.33. The lowest BCUT2D eigenvalue weighted by molar-refractivity contribution is -0.137. The molecule has 1 saturated heterocycles. The molecule has 0 saturated carbocycles. The van der Waals surface area contributed by atoms with E-state index in [9.17, 15) is 26.4 Å². The number of sulfonamides is 1. The van der Waals surface area contributed by atoms with Crippen LogP contribution < -0.4 is 14.5 Å². The molecule has 1 aliphatic heterocycles. The summed E-state index contributed by atoms with van der Waals surface area (Å²) in [6, 6.07) is 17.6. The van der Waals surface area contributed by atoms with Crippen molar-refractivity contribution in [3.05, 3.63) is 89.5 Å². The van der Waals surface area contributed by atoms with E-state index in [0.717, 1.165) is 60.9 Å². The zero-order valence-corrected chi connectivity index (χ0v) is 21.1. The van der Waals surface area contributed by atoms with Crippen molar-refractivity contribution in [3.8, 4) is 0 Å². The number of aryl methyl sites for hydroxylation is 1. The van der Waals surface area contributed by atoms with E-state index in [-0.39, 0.29) is 17.1 Å². The number of carbonyl (C=O) groups is 1. The second-order valence-corrected chi connectivity index (χ2v) is 10.9. The average Bonchev–Trinajstić information content (AvgIpc) is 3.41. The van der Waals surface area contributed by atoms with Crippen molar-refractivity contribution in [1.82, 2.24) is 5.32 Å². The highest BCUT2D eigenvalue weighted by atomic mass is 32.2. The molecule has 0 radical (unpaired) electrons. The summed E-state index contributed by atoms with van der Waals surface area (Å²) in [5, 5.41) is 2.68. The van der Waals surface area contributed by atoms with E-state index < -0.39 is 34.2 Å². The van der Waals surface area contributed by atoms with Crippen LogP contribution in [0.15, 0.2) is 77.7 Å². The molecule has 1 N–H and O–H groups in total. The fraction of sp³-hybridized carbons (Fsp3) is 0.296. The number of rotatable bonds is 8. The smallest absolute Gasteiger partial charge is 0.372 e. The lowest BCUT2D eigenvalue weighted by atomic mass is 10.2. The fourth-order valence-corrected chi connectivity index (χ4v) is 5.59. The summed E-state index contributed by atoms with van der Waals surface area (Å²) in [5.41, 5.74) is 1.49. The van der Waals surface area contributed by atoms with Crippen molar-refractivity contribution in [1.29, 1.82) is 0 Å². The predicted octanol–water partition coefficient (Wildman–Crippen LogP) is 5.13. The van der Waals surface area contributed by atoms with Crippen molar-refractivity contribution in [3.63, 3.8) is 0 Å². The Morgan fingerprint density at radius 3 is 2.24 bits per heavy atom. The molecule has 0 unspecified atom stereocenters. The molecule has 1 amide bonds. The number of alkyl halides is 3. The van der Waals surface area contributed by atoms with Crippen LogP contribution in [0.3, 0.4) is 0 Å². The van der Waals surface area contributed by atoms with Crippen LogP contribution >= 0.6 is 0 Å². The number of hydrogen-bond donors (Lipinski definition) is 1. The minimum atomic E-state index is -4.67. The van der Waals surface area contributed by atoms with Gasteiger partial charge in [-0.1, -0.05) is 35.9 Å². The fourth-order valence-electron chi connectivity index (χ4n) is 4.18. The summed E-state index contributed by atoms with van der Waals surface area (Å²) >= 11 is 0. The first-order valence-corrected chi connectivity index (χ1v) is 13.4. The molecule has 10 heteroatoms. The van der Waals surface area contributed by atoms with Crippen molar-refractivity contribution in [2.45, 2.75) is 37.4 Å². The molecule has 0 aromatic heterocycles. The topological polar surface area (TPSA) is 69.7 Å². The molecule has 1 fully saturated rings. The molecule has 0 bridgehead atoms. The van der Waals surface area contributed by atoms with Gasteiger partial charge in [0.25, 0.3) is 10.0 Å². The maximum absolute atomic E-state index is 13.4. The van der Waals surface area contributed by atoms with Crippen LogP contribution in [-0.2, 0) is 27.5 Å². The summed E-state index contributed by atoms with van der Waals surface area (Å²) in [6.45, 7) is 3.28. The minimum Gasteiger partial charge on any atom is -0.372 e. The quantitative estimate of drug-likeness (QED) is 0.438. The van der Waals surface area contributed by atoms with E-state index in [1.54, 1.807) is 19.1 Å². The lowest BCUT2D eigenvalue weighted by Gasteiger charge is -2.25. The zero-order valence-electron chi connectivity index (χ0n) is 20.3. The summed E-state index contributed by atoms with van der Waals surface area (Å²) in [6.07, 6.45) is -2.35. The first-order chi connectivity index (χ1) is 17.5. The molecule has 6 nitrogen and oxygen atoms in total. The van der Waals surface area contributed by atoms with Gasteiger partial charge in [-0.05, 0) is 67.8 Å². The van der Waals surface area contributed by atoms with Gasteiger partial charge in [-0.25, -0.2) is 8.42 Å². The zero-order chi connectivity index (χ0) is 26.6. The van der Waals surface area contributed by atoms with Gasteiger partial charge in [0, 0.05) is 25.3 Å². The Balaban J connectivity index is 1.54. The van der Waals surface area contributed by atoms with Crippen molar-refractivity contribution >= 4 is 27.3 Å². The molecule has 0 atom stereocenters. The van der Waals surface area contributed by atoms with Crippen LogP contribution in [0.25, 0.3) is 0 Å². The number of carbonyl (C=O) groups excluding carboxylic acids is 1. The van der Waals surface area contributed by atoms with Gasteiger partial charge in [0.15, 0.2) is 0 Å². The lowest BCUT2D eigenvalue weighted by Crippen LogP contribution is -2.40. The Bertz CT molecular complexity index is 1340. The van der Waals surface area contributed by atoms with Crippen LogP contribution in [0.4, 0.5) is 24.5 Å². The molecule has 1 heterocycles.